The normalized spacial score (nSPS) is 20.4. The first-order chi connectivity index (χ1) is 12.7. The van der Waals surface area contributed by atoms with Crippen molar-refractivity contribution in [3.8, 4) is 0 Å². The van der Waals surface area contributed by atoms with Gasteiger partial charge in [0.2, 0.25) is 11.8 Å². The Kier molecular flexibility index (Phi) is 11.4. The van der Waals surface area contributed by atoms with Crippen LogP contribution >= 0.6 is 24.8 Å². The van der Waals surface area contributed by atoms with Crippen molar-refractivity contribution < 1.29 is 14.3 Å². The number of para-hydroxylation sites is 1. The third-order valence-corrected chi connectivity index (χ3v) is 4.81. The Bertz CT molecular complexity index is 592. The van der Waals surface area contributed by atoms with Crippen LogP contribution in [0.25, 0.3) is 0 Å². The number of carbonyl (C=O) groups excluding carboxylic acids is 2. The van der Waals surface area contributed by atoms with E-state index in [9.17, 15) is 9.59 Å². The Morgan fingerprint density at radius 2 is 1.82 bits per heavy atom. The summed E-state index contributed by atoms with van der Waals surface area (Å²) in [5.41, 5.74) is 0.819. The van der Waals surface area contributed by atoms with E-state index in [0.717, 1.165) is 38.2 Å². The van der Waals surface area contributed by atoms with Crippen LogP contribution in [0.1, 0.15) is 19.3 Å². The van der Waals surface area contributed by atoms with Crippen molar-refractivity contribution in [2.45, 2.75) is 31.3 Å². The van der Waals surface area contributed by atoms with E-state index in [1.54, 1.807) is 0 Å². The third-order valence-electron chi connectivity index (χ3n) is 4.81. The van der Waals surface area contributed by atoms with Crippen LogP contribution in [-0.2, 0) is 14.3 Å². The molecule has 2 aliphatic heterocycles. The molecule has 1 aromatic rings. The maximum atomic E-state index is 12.2. The van der Waals surface area contributed by atoms with Crippen molar-refractivity contribution in [1.82, 2.24) is 15.5 Å². The average molecular weight is 433 g/mol. The quantitative estimate of drug-likeness (QED) is 0.633. The number of nitrogens with zero attached hydrogens (tertiary/aromatic N) is 1. The number of morpholine rings is 1. The molecule has 2 saturated heterocycles. The minimum Gasteiger partial charge on any atom is -0.378 e. The summed E-state index contributed by atoms with van der Waals surface area (Å²) in [4.78, 5) is 26.4. The number of ether oxygens (including phenoxy) is 1. The maximum Gasteiger partial charge on any atom is 0.238 e. The number of rotatable bonds is 6. The van der Waals surface area contributed by atoms with Gasteiger partial charge in [-0.2, -0.15) is 0 Å². The van der Waals surface area contributed by atoms with E-state index in [4.69, 9.17) is 4.74 Å². The monoisotopic (exact) mass is 432 g/mol. The van der Waals surface area contributed by atoms with Crippen LogP contribution in [0.15, 0.2) is 30.3 Å². The molecule has 0 aromatic heterocycles. The smallest absolute Gasteiger partial charge is 0.238 e. The van der Waals surface area contributed by atoms with E-state index in [1.807, 2.05) is 30.3 Å². The van der Waals surface area contributed by atoms with Crippen LogP contribution in [0.5, 0.6) is 0 Å². The van der Waals surface area contributed by atoms with Crippen LogP contribution in [-0.4, -0.2) is 68.2 Å². The van der Waals surface area contributed by atoms with Crippen LogP contribution in [0.2, 0.25) is 0 Å². The van der Waals surface area contributed by atoms with E-state index >= 15 is 0 Å². The summed E-state index contributed by atoms with van der Waals surface area (Å²) in [6.07, 6.45) is 2.21. The number of nitrogens with one attached hydrogen (secondary N) is 3. The van der Waals surface area contributed by atoms with Crippen molar-refractivity contribution >= 4 is 42.3 Å². The van der Waals surface area contributed by atoms with Crippen LogP contribution in [0, 0.1) is 0 Å². The standard InChI is InChI=1S/C19H28N4O3.2ClH/c24-18(12-17-14-26-11-8-20-17)21-16-6-9-23(10-7-16)13-19(25)22-15-4-2-1-3-5-15;;/h1-5,16-17,20H,6-14H2,(H,21,24)(H,22,25);2*1H. The largest absolute Gasteiger partial charge is 0.378 e. The Hall–Kier alpha value is -1.38. The van der Waals surface area contributed by atoms with Crippen molar-refractivity contribution in [2.75, 3.05) is 44.7 Å². The van der Waals surface area contributed by atoms with Crippen LogP contribution < -0.4 is 16.0 Å². The molecule has 1 atom stereocenters. The lowest BCUT2D eigenvalue weighted by molar-refractivity contribution is -0.123. The van der Waals surface area contributed by atoms with Gasteiger partial charge in [-0.1, -0.05) is 18.2 Å². The molecule has 2 heterocycles. The summed E-state index contributed by atoms with van der Waals surface area (Å²) < 4.78 is 5.38. The summed E-state index contributed by atoms with van der Waals surface area (Å²) in [7, 11) is 0. The topological polar surface area (TPSA) is 82.7 Å². The molecule has 0 radical (unpaired) electrons. The first kappa shape index (κ1) is 24.7. The molecule has 3 N–H and O–H groups in total. The lowest BCUT2D eigenvalue weighted by Crippen LogP contribution is -2.49. The molecule has 0 spiro atoms. The molecule has 2 fully saturated rings. The van der Waals surface area contributed by atoms with Gasteiger partial charge in [0.25, 0.3) is 0 Å². The van der Waals surface area contributed by atoms with E-state index < -0.39 is 0 Å². The van der Waals surface area contributed by atoms with E-state index in [0.29, 0.717) is 26.2 Å². The molecule has 7 nitrogen and oxygen atoms in total. The van der Waals surface area contributed by atoms with Crippen LogP contribution in [0.3, 0.4) is 0 Å². The molecule has 1 unspecified atom stereocenters. The highest BCUT2D eigenvalue weighted by atomic mass is 35.5. The van der Waals surface area contributed by atoms with Gasteiger partial charge in [0.05, 0.1) is 19.8 Å². The summed E-state index contributed by atoms with van der Waals surface area (Å²) >= 11 is 0. The predicted molar refractivity (Wildman–Crippen MR) is 114 cm³/mol. The molecule has 3 rings (SSSR count). The molecule has 2 aliphatic rings. The fourth-order valence-electron chi connectivity index (χ4n) is 3.42. The number of likely N-dealkylation sites (tertiary alicyclic amines) is 1. The highest BCUT2D eigenvalue weighted by Crippen LogP contribution is 2.12. The lowest BCUT2D eigenvalue weighted by atomic mass is 10.0. The molecular weight excluding hydrogens is 403 g/mol. The number of carbonyl (C=O) groups is 2. The van der Waals surface area contributed by atoms with Crippen molar-refractivity contribution in [3.05, 3.63) is 30.3 Å². The number of hydrogen-bond donors (Lipinski definition) is 3. The van der Waals surface area contributed by atoms with E-state index in [2.05, 4.69) is 20.9 Å². The molecular formula is C19H30Cl2N4O3. The van der Waals surface area contributed by atoms with Crippen molar-refractivity contribution in [3.63, 3.8) is 0 Å². The number of halogens is 2. The molecule has 28 heavy (non-hydrogen) atoms. The maximum absolute atomic E-state index is 12.2. The van der Waals surface area contributed by atoms with E-state index in [-0.39, 0.29) is 48.7 Å². The number of anilines is 1. The molecule has 0 bridgehead atoms. The minimum atomic E-state index is 0. The molecule has 9 heteroatoms. The van der Waals surface area contributed by atoms with Gasteiger partial charge in [-0.15, -0.1) is 24.8 Å². The summed E-state index contributed by atoms with van der Waals surface area (Å²) in [6.45, 7) is 4.15. The van der Waals surface area contributed by atoms with Gasteiger partial charge >= 0.3 is 0 Å². The Labute approximate surface area is 178 Å². The van der Waals surface area contributed by atoms with Gasteiger partial charge in [0.1, 0.15) is 0 Å². The number of benzene rings is 1. The van der Waals surface area contributed by atoms with Gasteiger partial charge in [-0.3, -0.25) is 14.5 Å². The van der Waals surface area contributed by atoms with E-state index in [1.165, 1.54) is 0 Å². The summed E-state index contributed by atoms with van der Waals surface area (Å²) in [6, 6.07) is 9.80. The first-order valence-corrected chi connectivity index (χ1v) is 9.37. The van der Waals surface area contributed by atoms with Gasteiger partial charge < -0.3 is 20.7 Å². The second kappa shape index (κ2) is 13.0. The van der Waals surface area contributed by atoms with Crippen molar-refractivity contribution in [1.29, 1.82) is 0 Å². The zero-order chi connectivity index (χ0) is 18.2. The zero-order valence-electron chi connectivity index (χ0n) is 15.9. The fourth-order valence-corrected chi connectivity index (χ4v) is 3.42. The second-order valence-corrected chi connectivity index (χ2v) is 6.96. The highest BCUT2D eigenvalue weighted by molar-refractivity contribution is 5.92. The summed E-state index contributed by atoms with van der Waals surface area (Å²) in [5.74, 6) is 0.0790. The molecule has 0 aliphatic carbocycles. The SMILES string of the molecule is Cl.Cl.O=C(CN1CCC(NC(=O)CC2COCCN2)CC1)Nc1ccccc1. The van der Waals surface area contributed by atoms with Gasteiger partial charge in [0, 0.05) is 43.8 Å². The second-order valence-electron chi connectivity index (χ2n) is 6.96. The predicted octanol–water partition coefficient (Wildman–Crippen LogP) is 1.43. The zero-order valence-corrected chi connectivity index (χ0v) is 17.5. The highest BCUT2D eigenvalue weighted by Gasteiger charge is 2.23. The molecule has 158 valence electrons. The Balaban J connectivity index is 0.00000196. The summed E-state index contributed by atoms with van der Waals surface area (Å²) in [5, 5.41) is 9.32. The Morgan fingerprint density at radius 3 is 2.46 bits per heavy atom. The van der Waals surface area contributed by atoms with Crippen molar-refractivity contribution in [2.24, 2.45) is 0 Å². The van der Waals surface area contributed by atoms with Gasteiger partial charge in [-0.25, -0.2) is 0 Å². The third kappa shape index (κ3) is 8.32. The minimum absolute atomic E-state index is 0. The molecule has 1 aromatic carbocycles. The lowest BCUT2D eigenvalue weighted by Gasteiger charge is -2.32. The fraction of sp³-hybridized carbons (Fsp3) is 0.579. The Morgan fingerprint density at radius 1 is 1.11 bits per heavy atom. The van der Waals surface area contributed by atoms with Gasteiger partial charge in [0.15, 0.2) is 0 Å². The van der Waals surface area contributed by atoms with Gasteiger partial charge in [-0.05, 0) is 25.0 Å². The van der Waals surface area contributed by atoms with Crippen LogP contribution in [0.4, 0.5) is 5.69 Å². The first-order valence-electron chi connectivity index (χ1n) is 9.37. The number of piperidine rings is 1. The average Bonchev–Trinajstić information content (AvgIpc) is 2.65. The molecule has 0 saturated carbocycles. The number of hydrogen-bond acceptors (Lipinski definition) is 5. The number of amides is 2. The molecule has 2 amide bonds.